The predicted octanol–water partition coefficient (Wildman–Crippen LogP) is 2.34. The van der Waals surface area contributed by atoms with Crippen LogP contribution in [-0.2, 0) is 0 Å². The molecule has 7 nitrogen and oxygen atoms in total. The zero-order chi connectivity index (χ0) is 17.1. The second-order valence-electron chi connectivity index (χ2n) is 5.37. The van der Waals surface area contributed by atoms with Crippen molar-refractivity contribution >= 4 is 12.4 Å². The summed E-state index contributed by atoms with van der Waals surface area (Å²) in [7, 11) is 3.35. The first-order valence-corrected chi connectivity index (χ1v) is 7.47. The van der Waals surface area contributed by atoms with Crippen molar-refractivity contribution in [3.05, 3.63) is 24.0 Å². The van der Waals surface area contributed by atoms with Gasteiger partial charge in [0, 0.05) is 19.6 Å². The normalized spacial score (nSPS) is 18.0. The summed E-state index contributed by atoms with van der Waals surface area (Å²) < 4.78 is 40.4. The van der Waals surface area contributed by atoms with E-state index in [1.807, 2.05) is 7.05 Å². The molecule has 10 heteroatoms. The molecule has 1 unspecified atom stereocenters. The van der Waals surface area contributed by atoms with Crippen LogP contribution >= 0.6 is 12.4 Å². The number of hydrogen-bond donors (Lipinski definition) is 1. The third-order valence-electron chi connectivity index (χ3n) is 3.89. The molecule has 3 rings (SSSR count). The lowest BCUT2D eigenvalue weighted by Crippen LogP contribution is -2.44. The Hall–Kier alpha value is -1.97. The Kier molecular flexibility index (Phi) is 6.51. The van der Waals surface area contributed by atoms with Crippen LogP contribution in [0.25, 0.3) is 11.5 Å². The predicted molar refractivity (Wildman–Crippen MR) is 88.4 cm³/mol. The Morgan fingerprint density at radius 1 is 1.40 bits per heavy atom. The SMILES string of the molecule is COc1cccc(-c2nc(C3CNCCN3C)no2)c1OC(F)F.Cl. The van der Waals surface area contributed by atoms with Gasteiger partial charge in [-0.05, 0) is 19.2 Å². The van der Waals surface area contributed by atoms with Gasteiger partial charge >= 0.3 is 6.61 Å². The van der Waals surface area contributed by atoms with Crippen molar-refractivity contribution in [2.24, 2.45) is 0 Å². The molecule has 2 heterocycles. The van der Waals surface area contributed by atoms with Gasteiger partial charge in [-0.1, -0.05) is 11.2 Å². The number of nitrogens with one attached hydrogen (secondary N) is 1. The van der Waals surface area contributed by atoms with Gasteiger partial charge in [0.05, 0.1) is 18.7 Å². The number of likely N-dealkylation sites (N-methyl/N-ethyl adjacent to an activating group) is 1. The summed E-state index contributed by atoms with van der Waals surface area (Å²) in [5, 5.41) is 7.25. The topological polar surface area (TPSA) is 72.7 Å². The highest BCUT2D eigenvalue weighted by molar-refractivity contribution is 5.85. The number of nitrogens with zero attached hydrogens (tertiary/aromatic N) is 3. The molecule has 1 aliphatic heterocycles. The number of halogens is 3. The smallest absolute Gasteiger partial charge is 0.387 e. The molecular formula is C15H19ClF2N4O3. The average Bonchev–Trinajstić information content (AvgIpc) is 3.04. The van der Waals surface area contributed by atoms with Crippen LogP contribution in [0.15, 0.2) is 22.7 Å². The lowest BCUT2D eigenvalue weighted by atomic mass is 10.1. The summed E-state index contributed by atoms with van der Waals surface area (Å²) >= 11 is 0. The van der Waals surface area contributed by atoms with E-state index in [0.29, 0.717) is 12.4 Å². The molecule has 1 fully saturated rings. The third kappa shape index (κ3) is 4.17. The summed E-state index contributed by atoms with van der Waals surface area (Å²) in [4.78, 5) is 6.46. The summed E-state index contributed by atoms with van der Waals surface area (Å²) in [6, 6.07) is 4.70. The van der Waals surface area contributed by atoms with Crippen molar-refractivity contribution < 1.29 is 22.8 Å². The molecule has 0 amide bonds. The monoisotopic (exact) mass is 376 g/mol. The molecule has 25 heavy (non-hydrogen) atoms. The molecule has 1 N–H and O–H groups in total. The van der Waals surface area contributed by atoms with Gasteiger partial charge in [0.1, 0.15) is 0 Å². The molecule has 1 aromatic heterocycles. The molecule has 1 atom stereocenters. The summed E-state index contributed by atoms with van der Waals surface area (Å²) in [6.45, 7) is -0.558. The minimum atomic E-state index is -2.99. The third-order valence-corrected chi connectivity index (χ3v) is 3.89. The second kappa shape index (κ2) is 8.41. The van der Waals surface area contributed by atoms with Crippen LogP contribution in [0.1, 0.15) is 11.9 Å². The zero-order valence-corrected chi connectivity index (χ0v) is 14.6. The van der Waals surface area contributed by atoms with Gasteiger partial charge in [-0.15, -0.1) is 12.4 Å². The molecule has 0 aliphatic carbocycles. The van der Waals surface area contributed by atoms with E-state index in [1.54, 1.807) is 12.1 Å². The summed E-state index contributed by atoms with van der Waals surface area (Å²) in [6.07, 6.45) is 0. The van der Waals surface area contributed by atoms with E-state index in [0.717, 1.165) is 13.1 Å². The fourth-order valence-electron chi connectivity index (χ4n) is 2.63. The quantitative estimate of drug-likeness (QED) is 0.858. The van der Waals surface area contributed by atoms with Crippen LogP contribution in [-0.4, -0.2) is 55.4 Å². The highest BCUT2D eigenvalue weighted by atomic mass is 35.5. The Morgan fingerprint density at radius 2 is 2.20 bits per heavy atom. The number of alkyl halides is 2. The zero-order valence-electron chi connectivity index (χ0n) is 13.7. The molecule has 1 saturated heterocycles. The molecule has 0 saturated carbocycles. The van der Waals surface area contributed by atoms with E-state index in [-0.39, 0.29) is 41.4 Å². The van der Waals surface area contributed by atoms with Crippen LogP contribution in [0.2, 0.25) is 0 Å². The van der Waals surface area contributed by atoms with Crippen molar-refractivity contribution in [3.8, 4) is 23.0 Å². The van der Waals surface area contributed by atoms with Crippen molar-refractivity contribution in [1.29, 1.82) is 0 Å². The van der Waals surface area contributed by atoms with Crippen molar-refractivity contribution in [2.75, 3.05) is 33.8 Å². The minimum absolute atomic E-state index is 0. The molecule has 0 bridgehead atoms. The lowest BCUT2D eigenvalue weighted by molar-refractivity contribution is -0.0508. The number of rotatable bonds is 5. The van der Waals surface area contributed by atoms with Gasteiger partial charge < -0.3 is 19.3 Å². The van der Waals surface area contributed by atoms with E-state index in [2.05, 4.69) is 25.1 Å². The van der Waals surface area contributed by atoms with E-state index in [1.165, 1.54) is 13.2 Å². The maximum atomic E-state index is 12.7. The van der Waals surface area contributed by atoms with Gasteiger partial charge in [0.25, 0.3) is 5.89 Å². The van der Waals surface area contributed by atoms with Gasteiger partial charge in [-0.2, -0.15) is 13.8 Å². The average molecular weight is 377 g/mol. The summed E-state index contributed by atoms with van der Waals surface area (Å²) in [5.74, 6) is 0.647. The molecule has 2 aromatic rings. The number of benzene rings is 1. The van der Waals surface area contributed by atoms with Gasteiger partial charge in [0.2, 0.25) is 0 Å². The number of ether oxygens (including phenoxy) is 2. The second-order valence-corrected chi connectivity index (χ2v) is 5.37. The Labute approximate surface area is 149 Å². The number of aromatic nitrogens is 2. The molecule has 0 spiro atoms. The molecular weight excluding hydrogens is 358 g/mol. The Balaban J connectivity index is 0.00000225. The van der Waals surface area contributed by atoms with Gasteiger partial charge in [-0.3, -0.25) is 4.90 Å². The number of para-hydroxylation sites is 1. The van der Waals surface area contributed by atoms with E-state index >= 15 is 0 Å². The van der Waals surface area contributed by atoms with Crippen LogP contribution in [0.5, 0.6) is 11.5 Å². The van der Waals surface area contributed by atoms with Crippen molar-refractivity contribution in [3.63, 3.8) is 0 Å². The minimum Gasteiger partial charge on any atom is -0.493 e. The van der Waals surface area contributed by atoms with Crippen LogP contribution in [0.3, 0.4) is 0 Å². The highest BCUT2D eigenvalue weighted by Crippen LogP contribution is 2.38. The van der Waals surface area contributed by atoms with Crippen molar-refractivity contribution in [1.82, 2.24) is 20.4 Å². The van der Waals surface area contributed by atoms with Gasteiger partial charge in [-0.25, -0.2) is 0 Å². The summed E-state index contributed by atoms with van der Waals surface area (Å²) in [5.41, 5.74) is 0.264. The number of piperazine rings is 1. The van der Waals surface area contributed by atoms with E-state index in [4.69, 9.17) is 9.26 Å². The standard InChI is InChI=1S/C15H18F2N4O3.ClH/c1-21-7-6-18-8-10(21)13-19-14(24-20-13)9-4-3-5-11(22-2)12(9)23-15(16)17;/h3-5,10,15,18H,6-8H2,1-2H3;1H. The largest absolute Gasteiger partial charge is 0.493 e. The molecule has 1 aromatic carbocycles. The maximum absolute atomic E-state index is 12.7. The van der Waals surface area contributed by atoms with Crippen molar-refractivity contribution in [2.45, 2.75) is 12.7 Å². The van der Waals surface area contributed by atoms with E-state index in [9.17, 15) is 8.78 Å². The van der Waals surface area contributed by atoms with Gasteiger partial charge in [0.15, 0.2) is 17.3 Å². The maximum Gasteiger partial charge on any atom is 0.387 e. The Morgan fingerprint density at radius 3 is 2.88 bits per heavy atom. The number of methoxy groups -OCH3 is 1. The van der Waals surface area contributed by atoms with Crippen LogP contribution < -0.4 is 14.8 Å². The lowest BCUT2D eigenvalue weighted by Gasteiger charge is -2.30. The molecule has 1 aliphatic rings. The fourth-order valence-corrected chi connectivity index (χ4v) is 2.63. The van der Waals surface area contributed by atoms with E-state index < -0.39 is 6.61 Å². The number of hydrogen-bond acceptors (Lipinski definition) is 7. The molecule has 138 valence electrons. The molecule has 0 radical (unpaired) electrons. The fraction of sp³-hybridized carbons (Fsp3) is 0.467. The first kappa shape index (κ1) is 19.4. The van der Waals surface area contributed by atoms with Crippen LogP contribution in [0.4, 0.5) is 8.78 Å². The first-order valence-electron chi connectivity index (χ1n) is 7.47. The Bertz CT molecular complexity index is 701. The van der Waals surface area contributed by atoms with Crippen LogP contribution in [0, 0.1) is 0 Å². The first-order chi connectivity index (χ1) is 11.6. The highest BCUT2D eigenvalue weighted by Gasteiger charge is 2.27.